The molecule has 0 amide bonds. The third-order valence-corrected chi connectivity index (χ3v) is 4.53. The summed E-state index contributed by atoms with van der Waals surface area (Å²) in [6, 6.07) is 11.2. The molecule has 2 nitrogen and oxygen atoms in total. The largest absolute Gasteiger partial charge is 0.269 e. The zero-order valence-electron chi connectivity index (χ0n) is 12.6. The third-order valence-electron chi connectivity index (χ3n) is 4.53. The summed E-state index contributed by atoms with van der Waals surface area (Å²) >= 11 is 0. The number of benzene rings is 1. The maximum atomic E-state index is 4.78. The van der Waals surface area contributed by atoms with E-state index in [2.05, 4.69) is 48.9 Å². The average molecular weight is 268 g/mol. The molecule has 1 atom stereocenters. The molecule has 0 bridgehead atoms. The van der Waals surface area contributed by atoms with E-state index in [4.69, 9.17) is 5.10 Å². The lowest BCUT2D eigenvalue weighted by Gasteiger charge is -2.26. The van der Waals surface area contributed by atoms with E-state index in [0.717, 1.165) is 19.4 Å². The molecule has 106 valence electrons. The lowest BCUT2D eigenvalue weighted by atomic mass is 9.83. The van der Waals surface area contributed by atoms with Crippen LogP contribution in [-0.2, 0) is 25.8 Å². The maximum Gasteiger partial charge on any atom is 0.0624 e. The van der Waals surface area contributed by atoms with Crippen molar-refractivity contribution >= 4 is 0 Å². The minimum absolute atomic E-state index is 0.634. The van der Waals surface area contributed by atoms with Gasteiger partial charge >= 0.3 is 0 Å². The summed E-state index contributed by atoms with van der Waals surface area (Å²) in [7, 11) is 0. The average Bonchev–Trinajstić information content (AvgIpc) is 2.90. The second-order valence-corrected chi connectivity index (χ2v) is 5.80. The van der Waals surface area contributed by atoms with E-state index in [-0.39, 0.29) is 0 Å². The number of aryl methyl sites for hydroxylation is 3. The van der Waals surface area contributed by atoms with Gasteiger partial charge in [-0.3, -0.25) is 4.68 Å². The van der Waals surface area contributed by atoms with Crippen LogP contribution in [0.2, 0.25) is 0 Å². The Bertz CT molecular complexity index is 583. The Balaban J connectivity index is 1.87. The fourth-order valence-electron chi connectivity index (χ4n) is 3.38. The van der Waals surface area contributed by atoms with Crippen LogP contribution in [0.5, 0.6) is 0 Å². The predicted molar refractivity (Wildman–Crippen MR) is 83.1 cm³/mol. The monoisotopic (exact) mass is 268 g/mol. The van der Waals surface area contributed by atoms with E-state index in [9.17, 15) is 0 Å². The van der Waals surface area contributed by atoms with Crippen molar-refractivity contribution < 1.29 is 0 Å². The highest BCUT2D eigenvalue weighted by atomic mass is 15.3. The van der Waals surface area contributed by atoms with Gasteiger partial charge in [0.25, 0.3) is 0 Å². The molecule has 0 fully saturated rings. The van der Waals surface area contributed by atoms with Gasteiger partial charge in [-0.1, -0.05) is 38.1 Å². The summed E-state index contributed by atoms with van der Waals surface area (Å²) < 4.78 is 2.26. The second-order valence-electron chi connectivity index (χ2n) is 5.80. The van der Waals surface area contributed by atoms with Gasteiger partial charge in [0.05, 0.1) is 5.69 Å². The Morgan fingerprint density at radius 1 is 1.20 bits per heavy atom. The molecular weight excluding hydrogens is 244 g/mol. The lowest BCUT2D eigenvalue weighted by molar-refractivity contribution is 0.446. The van der Waals surface area contributed by atoms with Crippen LogP contribution in [-0.4, -0.2) is 9.78 Å². The molecule has 1 aliphatic carbocycles. The summed E-state index contributed by atoms with van der Waals surface area (Å²) in [5.74, 6) is 0.634. The Kier molecular flexibility index (Phi) is 3.90. The normalized spacial score (nSPS) is 18.0. The Labute approximate surface area is 121 Å². The van der Waals surface area contributed by atoms with Gasteiger partial charge in [0.1, 0.15) is 0 Å². The van der Waals surface area contributed by atoms with Gasteiger partial charge in [0.2, 0.25) is 0 Å². The zero-order chi connectivity index (χ0) is 13.9. The van der Waals surface area contributed by atoms with Gasteiger partial charge in [-0.05, 0) is 49.3 Å². The van der Waals surface area contributed by atoms with Gasteiger partial charge in [-0.25, -0.2) is 0 Å². The maximum absolute atomic E-state index is 4.78. The molecule has 0 aliphatic heterocycles. The van der Waals surface area contributed by atoms with Crippen LogP contribution in [0.4, 0.5) is 0 Å². The standard InChI is InChI=1S/C18H24N2/c1-3-16-12-17(4-2)20(19-16)13-15-10-7-9-14-8-5-6-11-18(14)15/h5-6,8,11-12,15H,3-4,7,9-10,13H2,1-2H3. The molecule has 2 heteroatoms. The summed E-state index contributed by atoms with van der Waals surface area (Å²) in [4.78, 5) is 0. The van der Waals surface area contributed by atoms with Crippen molar-refractivity contribution in [3.05, 3.63) is 52.8 Å². The van der Waals surface area contributed by atoms with Crippen molar-refractivity contribution in [2.45, 2.75) is 58.4 Å². The first kappa shape index (κ1) is 13.4. The number of rotatable bonds is 4. The molecule has 1 aromatic carbocycles. The van der Waals surface area contributed by atoms with E-state index in [0.29, 0.717) is 5.92 Å². The van der Waals surface area contributed by atoms with Gasteiger partial charge in [-0.15, -0.1) is 0 Å². The minimum Gasteiger partial charge on any atom is -0.269 e. The van der Waals surface area contributed by atoms with E-state index in [1.165, 1.54) is 30.7 Å². The van der Waals surface area contributed by atoms with Gasteiger partial charge in [0.15, 0.2) is 0 Å². The SMILES string of the molecule is CCc1cc(CC)n(CC2CCCc3ccccc32)n1. The molecule has 1 aromatic heterocycles. The Hall–Kier alpha value is -1.57. The first-order chi connectivity index (χ1) is 9.81. The molecule has 0 spiro atoms. The first-order valence-corrected chi connectivity index (χ1v) is 7.95. The Morgan fingerprint density at radius 2 is 2.05 bits per heavy atom. The second kappa shape index (κ2) is 5.82. The van der Waals surface area contributed by atoms with Crippen LogP contribution in [0.15, 0.2) is 30.3 Å². The fraction of sp³-hybridized carbons (Fsp3) is 0.500. The van der Waals surface area contributed by atoms with Crippen molar-refractivity contribution in [1.29, 1.82) is 0 Å². The summed E-state index contributed by atoms with van der Waals surface area (Å²) in [5, 5.41) is 4.78. The minimum atomic E-state index is 0.634. The number of hydrogen-bond donors (Lipinski definition) is 0. The molecule has 1 aliphatic rings. The number of aromatic nitrogens is 2. The molecule has 0 saturated carbocycles. The van der Waals surface area contributed by atoms with Gasteiger partial charge < -0.3 is 0 Å². The highest BCUT2D eigenvalue weighted by Gasteiger charge is 2.21. The molecule has 0 saturated heterocycles. The number of fused-ring (bicyclic) bond motifs is 1. The van der Waals surface area contributed by atoms with Crippen LogP contribution in [0.1, 0.15) is 55.1 Å². The van der Waals surface area contributed by atoms with Crippen LogP contribution < -0.4 is 0 Å². The molecule has 0 N–H and O–H groups in total. The smallest absolute Gasteiger partial charge is 0.0624 e. The summed E-state index contributed by atoms with van der Waals surface area (Å²) in [6.45, 7) is 5.45. The fourth-order valence-corrected chi connectivity index (χ4v) is 3.38. The van der Waals surface area contributed by atoms with Crippen LogP contribution in [0, 0.1) is 0 Å². The zero-order valence-corrected chi connectivity index (χ0v) is 12.6. The van der Waals surface area contributed by atoms with E-state index < -0.39 is 0 Å². The quantitative estimate of drug-likeness (QED) is 0.815. The van der Waals surface area contributed by atoms with E-state index in [1.54, 1.807) is 11.1 Å². The van der Waals surface area contributed by atoms with E-state index >= 15 is 0 Å². The number of hydrogen-bond acceptors (Lipinski definition) is 1. The highest BCUT2D eigenvalue weighted by molar-refractivity contribution is 5.32. The van der Waals surface area contributed by atoms with Gasteiger partial charge in [-0.2, -0.15) is 5.10 Å². The molecule has 2 aromatic rings. The van der Waals surface area contributed by atoms with Crippen molar-refractivity contribution in [2.75, 3.05) is 0 Å². The Morgan fingerprint density at radius 3 is 2.85 bits per heavy atom. The summed E-state index contributed by atoms with van der Waals surface area (Å²) in [6.07, 6.45) is 5.95. The van der Waals surface area contributed by atoms with Crippen molar-refractivity contribution in [2.24, 2.45) is 0 Å². The third kappa shape index (κ3) is 2.52. The molecule has 3 rings (SSSR count). The lowest BCUT2D eigenvalue weighted by Crippen LogP contribution is -2.17. The van der Waals surface area contributed by atoms with Crippen molar-refractivity contribution in [1.82, 2.24) is 9.78 Å². The number of nitrogens with zero attached hydrogens (tertiary/aromatic N) is 2. The highest BCUT2D eigenvalue weighted by Crippen LogP contribution is 2.32. The predicted octanol–water partition coefficient (Wildman–Crippen LogP) is 4.13. The van der Waals surface area contributed by atoms with Crippen LogP contribution in [0.25, 0.3) is 0 Å². The molecular formula is C18H24N2. The van der Waals surface area contributed by atoms with E-state index in [1.807, 2.05) is 0 Å². The molecule has 0 radical (unpaired) electrons. The molecule has 1 unspecified atom stereocenters. The van der Waals surface area contributed by atoms with Crippen molar-refractivity contribution in [3.63, 3.8) is 0 Å². The molecule has 1 heterocycles. The van der Waals surface area contributed by atoms with Crippen LogP contribution in [0.3, 0.4) is 0 Å². The molecule has 20 heavy (non-hydrogen) atoms. The topological polar surface area (TPSA) is 17.8 Å². The van der Waals surface area contributed by atoms with Gasteiger partial charge in [0, 0.05) is 18.2 Å². The summed E-state index contributed by atoms with van der Waals surface area (Å²) in [5.41, 5.74) is 5.70. The van der Waals surface area contributed by atoms with Crippen molar-refractivity contribution in [3.8, 4) is 0 Å². The van der Waals surface area contributed by atoms with Crippen LogP contribution >= 0.6 is 0 Å². The first-order valence-electron chi connectivity index (χ1n) is 7.95.